The molecule has 0 fully saturated rings. The zero-order valence-electron chi connectivity index (χ0n) is 19.4. The van der Waals surface area contributed by atoms with Crippen LogP contribution in [0.2, 0.25) is 0 Å². The molecule has 2 aromatic carbocycles. The summed E-state index contributed by atoms with van der Waals surface area (Å²) in [5, 5.41) is 0.521. The molecule has 168 valence electrons. The van der Waals surface area contributed by atoms with E-state index < -0.39 is 6.04 Å². The van der Waals surface area contributed by atoms with Gasteiger partial charge in [0.1, 0.15) is 5.58 Å². The molecule has 1 aromatic heterocycles. The Bertz CT molecular complexity index is 1160. The van der Waals surface area contributed by atoms with Crippen LogP contribution in [-0.4, -0.2) is 41.9 Å². The van der Waals surface area contributed by atoms with Gasteiger partial charge >= 0.3 is 0 Å². The van der Waals surface area contributed by atoms with Crippen LogP contribution < -0.4 is 5.43 Å². The Hall–Kier alpha value is -2.92. The molecule has 5 nitrogen and oxygen atoms in total. The van der Waals surface area contributed by atoms with Crippen LogP contribution in [0.1, 0.15) is 73.3 Å². The summed E-state index contributed by atoms with van der Waals surface area (Å²) in [5.41, 5.74) is 3.00. The highest BCUT2D eigenvalue weighted by atomic mass is 16.3. The van der Waals surface area contributed by atoms with Gasteiger partial charge in [-0.15, -0.1) is 0 Å². The molecule has 32 heavy (non-hydrogen) atoms. The van der Waals surface area contributed by atoms with Gasteiger partial charge in [-0.1, -0.05) is 64.1 Å². The van der Waals surface area contributed by atoms with Crippen molar-refractivity contribution >= 4 is 16.9 Å². The number of amides is 1. The first kappa shape index (κ1) is 22.3. The van der Waals surface area contributed by atoms with Crippen LogP contribution in [0.4, 0.5) is 0 Å². The molecule has 0 bridgehead atoms. The van der Waals surface area contributed by atoms with Gasteiger partial charge in [0.2, 0.25) is 5.76 Å². The fraction of sp³-hybridized carbons (Fsp3) is 0.407. The number of carbonyl (C=O) groups is 1. The van der Waals surface area contributed by atoms with Gasteiger partial charge < -0.3 is 14.2 Å². The van der Waals surface area contributed by atoms with Crippen LogP contribution in [-0.2, 0) is 0 Å². The zero-order chi connectivity index (χ0) is 22.8. The van der Waals surface area contributed by atoms with Crippen LogP contribution in [0.15, 0.2) is 57.7 Å². The van der Waals surface area contributed by atoms with E-state index in [2.05, 4.69) is 56.9 Å². The Morgan fingerprint density at radius 1 is 1.00 bits per heavy atom. The lowest BCUT2D eigenvalue weighted by atomic mass is 9.95. The van der Waals surface area contributed by atoms with Crippen LogP contribution >= 0.6 is 0 Å². The van der Waals surface area contributed by atoms with E-state index in [1.54, 1.807) is 12.1 Å². The second-order valence-electron chi connectivity index (χ2n) is 8.77. The molecule has 0 N–H and O–H groups in total. The predicted octanol–water partition coefficient (Wildman–Crippen LogP) is 5.19. The monoisotopic (exact) mass is 432 g/mol. The van der Waals surface area contributed by atoms with E-state index in [0.717, 1.165) is 31.6 Å². The van der Waals surface area contributed by atoms with Crippen molar-refractivity contribution in [3.05, 3.63) is 81.2 Å². The molecule has 1 atom stereocenters. The molecule has 0 spiro atoms. The molecule has 5 heteroatoms. The van der Waals surface area contributed by atoms with Crippen LogP contribution in [0.3, 0.4) is 0 Å². The number of rotatable bonds is 8. The third kappa shape index (κ3) is 3.97. The molecule has 0 radical (unpaired) electrons. The Balaban J connectivity index is 1.77. The summed E-state index contributed by atoms with van der Waals surface area (Å²) in [6.07, 6.45) is 0.843. The lowest BCUT2D eigenvalue weighted by molar-refractivity contribution is 0.0720. The Morgan fingerprint density at radius 3 is 2.34 bits per heavy atom. The second-order valence-corrected chi connectivity index (χ2v) is 8.77. The highest BCUT2D eigenvalue weighted by Gasteiger charge is 2.42. The number of fused-ring (bicyclic) bond motifs is 2. The molecular formula is C27H32N2O3. The smallest absolute Gasteiger partial charge is 0.290 e. The lowest BCUT2D eigenvalue weighted by Crippen LogP contribution is -2.33. The van der Waals surface area contributed by atoms with Gasteiger partial charge in [0, 0.05) is 6.54 Å². The van der Waals surface area contributed by atoms with E-state index in [1.165, 1.54) is 5.56 Å². The summed E-state index contributed by atoms with van der Waals surface area (Å²) >= 11 is 0. The van der Waals surface area contributed by atoms with Crippen molar-refractivity contribution < 1.29 is 9.21 Å². The third-order valence-electron chi connectivity index (χ3n) is 6.56. The van der Waals surface area contributed by atoms with E-state index in [-0.39, 0.29) is 17.1 Å². The first-order valence-electron chi connectivity index (χ1n) is 11.6. The van der Waals surface area contributed by atoms with Crippen molar-refractivity contribution in [2.75, 3.05) is 26.2 Å². The first-order chi connectivity index (χ1) is 15.5. The molecule has 2 heterocycles. The maximum atomic E-state index is 13.5. The van der Waals surface area contributed by atoms with Crippen molar-refractivity contribution in [3.63, 3.8) is 0 Å². The number of hydrogen-bond donors (Lipinski definition) is 0. The maximum Gasteiger partial charge on any atom is 0.290 e. The van der Waals surface area contributed by atoms with E-state index in [1.807, 2.05) is 17.0 Å². The zero-order valence-corrected chi connectivity index (χ0v) is 19.4. The fourth-order valence-corrected chi connectivity index (χ4v) is 4.61. The average Bonchev–Trinajstić information content (AvgIpc) is 3.09. The summed E-state index contributed by atoms with van der Waals surface area (Å²) in [6, 6.07) is 15.0. The average molecular weight is 433 g/mol. The number of carbonyl (C=O) groups excluding carboxylic acids is 1. The van der Waals surface area contributed by atoms with Gasteiger partial charge in [-0.3, -0.25) is 9.59 Å². The van der Waals surface area contributed by atoms with Crippen molar-refractivity contribution in [2.24, 2.45) is 0 Å². The standard InChI is InChI=1S/C27H32N2O3/c1-5-28(6-2)16-9-17-29-24(20-14-12-19(13-15-20)18(3)4)23-25(30)21-10-7-8-11-22(21)32-26(23)27(29)31/h7-8,10-15,18,24H,5-6,9,16-17H2,1-4H3. The van der Waals surface area contributed by atoms with Crippen molar-refractivity contribution in [2.45, 2.75) is 46.1 Å². The second kappa shape index (κ2) is 9.29. The first-order valence-corrected chi connectivity index (χ1v) is 11.6. The maximum absolute atomic E-state index is 13.5. The Morgan fingerprint density at radius 2 is 1.69 bits per heavy atom. The van der Waals surface area contributed by atoms with Gasteiger partial charge in [-0.05, 0) is 55.2 Å². The molecule has 0 saturated heterocycles. The van der Waals surface area contributed by atoms with Crippen molar-refractivity contribution in [1.82, 2.24) is 9.80 Å². The minimum Gasteiger partial charge on any atom is -0.450 e. The van der Waals surface area contributed by atoms with E-state index in [4.69, 9.17) is 4.42 Å². The molecule has 1 aliphatic rings. The van der Waals surface area contributed by atoms with Crippen molar-refractivity contribution in [1.29, 1.82) is 0 Å². The largest absolute Gasteiger partial charge is 0.450 e. The van der Waals surface area contributed by atoms with Crippen molar-refractivity contribution in [3.8, 4) is 0 Å². The van der Waals surface area contributed by atoms with Gasteiger partial charge in [-0.2, -0.15) is 0 Å². The van der Waals surface area contributed by atoms with Gasteiger partial charge in [0.05, 0.1) is 17.0 Å². The topological polar surface area (TPSA) is 53.8 Å². The predicted molar refractivity (Wildman–Crippen MR) is 128 cm³/mol. The van der Waals surface area contributed by atoms with Gasteiger partial charge in [0.25, 0.3) is 5.91 Å². The van der Waals surface area contributed by atoms with Crippen LogP contribution in [0, 0.1) is 0 Å². The summed E-state index contributed by atoms with van der Waals surface area (Å²) in [5.74, 6) is 0.413. The summed E-state index contributed by atoms with van der Waals surface area (Å²) in [7, 11) is 0. The SMILES string of the molecule is CCN(CC)CCCN1C(=O)c2oc3ccccc3c(=O)c2C1c1ccc(C(C)C)cc1. The Kier molecular flexibility index (Phi) is 6.47. The highest BCUT2D eigenvalue weighted by molar-refractivity contribution is 5.99. The van der Waals surface area contributed by atoms with Gasteiger partial charge in [0.15, 0.2) is 5.43 Å². The molecule has 0 aliphatic carbocycles. The number of hydrogen-bond acceptors (Lipinski definition) is 4. The number of benzene rings is 2. The molecule has 1 amide bonds. The quantitative estimate of drug-likeness (QED) is 0.491. The van der Waals surface area contributed by atoms with E-state index >= 15 is 0 Å². The van der Waals surface area contributed by atoms with E-state index in [9.17, 15) is 9.59 Å². The van der Waals surface area contributed by atoms with E-state index in [0.29, 0.717) is 29.0 Å². The number of nitrogens with zero attached hydrogens (tertiary/aromatic N) is 2. The lowest BCUT2D eigenvalue weighted by Gasteiger charge is -2.27. The summed E-state index contributed by atoms with van der Waals surface area (Å²) < 4.78 is 6.01. The molecule has 4 rings (SSSR count). The van der Waals surface area contributed by atoms with Gasteiger partial charge in [-0.25, -0.2) is 0 Å². The third-order valence-corrected chi connectivity index (χ3v) is 6.56. The van der Waals surface area contributed by atoms with Crippen LogP contribution in [0.25, 0.3) is 11.0 Å². The minimum absolute atomic E-state index is 0.112. The summed E-state index contributed by atoms with van der Waals surface area (Å²) in [6.45, 7) is 12.1. The highest BCUT2D eigenvalue weighted by Crippen LogP contribution is 2.38. The summed E-state index contributed by atoms with van der Waals surface area (Å²) in [4.78, 5) is 31.1. The Labute approximate surface area is 189 Å². The fourth-order valence-electron chi connectivity index (χ4n) is 4.61. The minimum atomic E-state index is -0.420. The number of para-hydroxylation sites is 1. The molecule has 0 saturated carbocycles. The molecular weight excluding hydrogens is 400 g/mol. The van der Waals surface area contributed by atoms with Crippen LogP contribution in [0.5, 0.6) is 0 Å². The molecule has 1 unspecified atom stereocenters. The normalized spacial score (nSPS) is 15.9. The molecule has 3 aromatic rings. The molecule has 1 aliphatic heterocycles.